The molecule has 29 heavy (non-hydrogen) atoms. The van der Waals surface area contributed by atoms with Crippen LogP contribution in [0.15, 0.2) is 24.3 Å². The first-order valence-corrected chi connectivity index (χ1v) is 10.1. The van der Waals surface area contributed by atoms with Gasteiger partial charge < -0.3 is 25.1 Å². The monoisotopic (exact) mass is 446 g/mol. The van der Waals surface area contributed by atoms with E-state index < -0.39 is 24.4 Å². The van der Waals surface area contributed by atoms with Crippen LogP contribution < -0.4 is 11.1 Å². The summed E-state index contributed by atoms with van der Waals surface area (Å²) in [5.41, 5.74) is 6.10. The SMILES string of the molecule is COC[C@@H](N)C(=O)N[C@@H](CCCc1cccc(Cl)c1)B1OC(C)(C)C(C)(C)O1.Cl. The Labute approximate surface area is 185 Å². The van der Waals surface area contributed by atoms with Gasteiger partial charge in [0.25, 0.3) is 0 Å². The van der Waals surface area contributed by atoms with Crippen LogP contribution in [0.3, 0.4) is 0 Å². The molecule has 1 aliphatic rings. The first-order chi connectivity index (χ1) is 13.1. The molecular formula is C20H33BCl2N2O4. The summed E-state index contributed by atoms with van der Waals surface area (Å²) < 4.78 is 17.3. The summed E-state index contributed by atoms with van der Waals surface area (Å²) >= 11 is 6.06. The van der Waals surface area contributed by atoms with E-state index in [9.17, 15) is 4.79 Å². The van der Waals surface area contributed by atoms with Crippen LogP contribution in [0.2, 0.25) is 5.02 Å². The number of halogens is 2. The molecule has 0 aromatic heterocycles. The predicted octanol–water partition coefficient (Wildman–Crippen LogP) is 3.17. The van der Waals surface area contributed by atoms with E-state index >= 15 is 0 Å². The van der Waals surface area contributed by atoms with Gasteiger partial charge in [0.1, 0.15) is 6.04 Å². The normalized spacial score (nSPS) is 19.3. The van der Waals surface area contributed by atoms with E-state index in [1.165, 1.54) is 7.11 Å². The van der Waals surface area contributed by atoms with Crippen LogP contribution in [0, 0.1) is 0 Å². The number of nitrogens with two attached hydrogens (primary N) is 1. The van der Waals surface area contributed by atoms with Crippen molar-refractivity contribution >= 4 is 37.0 Å². The van der Waals surface area contributed by atoms with Crippen LogP contribution in [0.5, 0.6) is 0 Å². The number of methoxy groups -OCH3 is 1. The van der Waals surface area contributed by atoms with Crippen molar-refractivity contribution in [3.05, 3.63) is 34.9 Å². The lowest BCUT2D eigenvalue weighted by Crippen LogP contribution is -2.53. The van der Waals surface area contributed by atoms with Gasteiger partial charge in [0.2, 0.25) is 5.91 Å². The summed E-state index contributed by atoms with van der Waals surface area (Å²) in [6.45, 7) is 8.14. The number of hydrogen-bond donors (Lipinski definition) is 2. The van der Waals surface area contributed by atoms with Gasteiger partial charge in [0, 0.05) is 12.1 Å². The molecule has 0 saturated carbocycles. The van der Waals surface area contributed by atoms with Crippen molar-refractivity contribution < 1.29 is 18.8 Å². The Kier molecular flexibility index (Phi) is 9.93. The Balaban J connectivity index is 0.00000420. The second-order valence-electron chi connectivity index (χ2n) is 8.32. The molecule has 0 aliphatic carbocycles. The van der Waals surface area contributed by atoms with E-state index in [1.807, 2.05) is 52.0 Å². The summed E-state index contributed by atoms with van der Waals surface area (Å²) in [7, 11) is 0.979. The highest BCUT2D eigenvalue weighted by atomic mass is 35.5. The van der Waals surface area contributed by atoms with Crippen molar-refractivity contribution in [1.29, 1.82) is 0 Å². The average Bonchev–Trinajstić information content (AvgIpc) is 2.81. The summed E-state index contributed by atoms with van der Waals surface area (Å²) in [5, 5.41) is 3.72. The number of aryl methyl sites for hydroxylation is 1. The number of amides is 1. The standard InChI is InChI=1S/C20H32BClN2O4.ClH/c1-19(2)20(3,4)28-21(27-19)17(24-18(25)16(23)13-26-5)11-7-9-14-8-6-10-15(22)12-14;/h6,8,10,12,16-17H,7,9,11,13,23H2,1-5H3,(H,24,25);1H/t16-,17+;/m1./s1. The van der Waals surface area contributed by atoms with Crippen molar-refractivity contribution in [2.45, 2.75) is 70.1 Å². The predicted molar refractivity (Wildman–Crippen MR) is 120 cm³/mol. The Hall–Kier alpha value is -0.825. The number of rotatable bonds is 9. The molecule has 1 amide bonds. The molecule has 1 saturated heterocycles. The molecule has 0 unspecified atom stereocenters. The van der Waals surface area contributed by atoms with E-state index in [0.29, 0.717) is 6.42 Å². The van der Waals surface area contributed by atoms with Gasteiger partial charge in [-0.25, -0.2) is 0 Å². The first kappa shape index (κ1) is 26.2. The van der Waals surface area contributed by atoms with E-state index in [0.717, 1.165) is 23.4 Å². The highest BCUT2D eigenvalue weighted by Crippen LogP contribution is 2.38. The molecular weight excluding hydrogens is 414 g/mol. The number of hydrogen-bond acceptors (Lipinski definition) is 5. The second kappa shape index (κ2) is 11.0. The van der Waals surface area contributed by atoms with Crippen LogP contribution >= 0.6 is 24.0 Å². The maximum Gasteiger partial charge on any atom is 0.481 e. The van der Waals surface area contributed by atoms with Crippen LogP contribution in [0.4, 0.5) is 0 Å². The average molecular weight is 447 g/mol. The van der Waals surface area contributed by atoms with Gasteiger partial charge in [-0.2, -0.15) is 0 Å². The molecule has 1 aliphatic heterocycles. The smallest absolute Gasteiger partial charge is 0.402 e. The van der Waals surface area contributed by atoms with E-state index in [4.69, 9.17) is 31.4 Å². The molecule has 164 valence electrons. The molecule has 2 rings (SSSR count). The maximum atomic E-state index is 12.5. The fraction of sp³-hybridized carbons (Fsp3) is 0.650. The van der Waals surface area contributed by atoms with E-state index in [1.54, 1.807) is 0 Å². The minimum Gasteiger partial charge on any atom is -0.402 e. The maximum absolute atomic E-state index is 12.5. The van der Waals surface area contributed by atoms with Gasteiger partial charge >= 0.3 is 7.12 Å². The minimum absolute atomic E-state index is 0. The van der Waals surface area contributed by atoms with Gasteiger partial charge in [-0.05, 0) is 64.7 Å². The van der Waals surface area contributed by atoms with E-state index in [2.05, 4.69) is 5.32 Å². The highest BCUT2D eigenvalue weighted by molar-refractivity contribution is 6.48. The third-order valence-corrected chi connectivity index (χ3v) is 5.72. The van der Waals surface area contributed by atoms with Gasteiger partial charge in [0.15, 0.2) is 0 Å². The number of carbonyl (C=O) groups excluding carboxylic acids is 1. The molecule has 2 atom stereocenters. The Morgan fingerprint density at radius 2 is 1.90 bits per heavy atom. The van der Waals surface area contributed by atoms with Crippen molar-refractivity contribution in [3.63, 3.8) is 0 Å². The van der Waals surface area contributed by atoms with Crippen LogP contribution in [-0.4, -0.2) is 49.9 Å². The molecule has 0 radical (unpaired) electrons. The topological polar surface area (TPSA) is 82.8 Å². The molecule has 0 bridgehead atoms. The van der Waals surface area contributed by atoms with Gasteiger partial charge in [-0.3, -0.25) is 4.79 Å². The van der Waals surface area contributed by atoms with E-state index in [-0.39, 0.29) is 30.9 Å². The summed E-state index contributed by atoms with van der Waals surface area (Å²) in [6.07, 6.45) is 2.38. The molecule has 1 aromatic carbocycles. The van der Waals surface area contributed by atoms with Crippen LogP contribution in [-0.2, 0) is 25.3 Å². The number of carbonyl (C=O) groups is 1. The lowest BCUT2D eigenvalue weighted by molar-refractivity contribution is -0.123. The Bertz CT molecular complexity index is 660. The molecule has 1 aromatic rings. The molecule has 6 nitrogen and oxygen atoms in total. The van der Waals surface area contributed by atoms with Crippen molar-refractivity contribution in [2.75, 3.05) is 13.7 Å². The fourth-order valence-corrected chi connectivity index (χ4v) is 3.31. The number of nitrogens with one attached hydrogen (secondary N) is 1. The van der Waals surface area contributed by atoms with Crippen LogP contribution in [0.1, 0.15) is 46.1 Å². The lowest BCUT2D eigenvalue weighted by Gasteiger charge is -2.32. The highest BCUT2D eigenvalue weighted by Gasteiger charge is 2.54. The summed E-state index contributed by atoms with van der Waals surface area (Å²) in [6, 6.07) is 7.06. The van der Waals surface area contributed by atoms with Gasteiger partial charge in [0.05, 0.1) is 23.8 Å². The zero-order valence-electron chi connectivity index (χ0n) is 17.9. The molecule has 3 N–H and O–H groups in total. The quantitative estimate of drug-likeness (QED) is 0.569. The number of ether oxygens (including phenoxy) is 1. The van der Waals surface area contributed by atoms with Gasteiger partial charge in [-0.1, -0.05) is 23.7 Å². The Morgan fingerprint density at radius 3 is 2.45 bits per heavy atom. The molecule has 0 spiro atoms. The van der Waals surface area contributed by atoms with Crippen molar-refractivity contribution in [1.82, 2.24) is 5.32 Å². The van der Waals surface area contributed by atoms with Crippen LogP contribution in [0.25, 0.3) is 0 Å². The lowest BCUT2D eigenvalue weighted by atomic mass is 9.75. The molecule has 1 fully saturated rings. The zero-order chi connectivity index (χ0) is 20.9. The van der Waals surface area contributed by atoms with Gasteiger partial charge in [-0.15, -0.1) is 12.4 Å². The third kappa shape index (κ3) is 7.12. The second-order valence-corrected chi connectivity index (χ2v) is 8.76. The largest absolute Gasteiger partial charge is 0.481 e. The summed E-state index contributed by atoms with van der Waals surface area (Å²) in [5.74, 6) is -0.583. The number of benzene rings is 1. The third-order valence-electron chi connectivity index (χ3n) is 5.48. The molecule has 1 heterocycles. The Morgan fingerprint density at radius 1 is 1.28 bits per heavy atom. The molecule has 9 heteroatoms. The first-order valence-electron chi connectivity index (χ1n) is 9.71. The zero-order valence-corrected chi connectivity index (χ0v) is 19.4. The van der Waals surface area contributed by atoms with Crippen molar-refractivity contribution in [2.24, 2.45) is 5.73 Å². The van der Waals surface area contributed by atoms with Crippen molar-refractivity contribution in [3.8, 4) is 0 Å². The minimum atomic E-state index is -0.733. The fourth-order valence-electron chi connectivity index (χ4n) is 3.09. The summed E-state index contributed by atoms with van der Waals surface area (Å²) in [4.78, 5) is 12.5.